The summed E-state index contributed by atoms with van der Waals surface area (Å²) in [5.41, 5.74) is 1.06. The van der Waals surface area contributed by atoms with Gasteiger partial charge >= 0.3 is 0 Å². The third-order valence-electron chi connectivity index (χ3n) is 1.30. The Morgan fingerprint density at radius 3 is 2.64 bits per heavy atom. The number of aliphatic hydroxyl groups excluding tert-OH is 1. The number of benzene rings is 1. The highest BCUT2D eigenvalue weighted by molar-refractivity contribution is 5.42. The molecule has 2 N–H and O–H groups in total. The number of hydrogen-bond donors (Lipinski definition) is 2. The zero-order chi connectivity index (χ0) is 7.94. The van der Waals surface area contributed by atoms with Crippen LogP contribution in [0.25, 0.3) is 0 Å². The van der Waals surface area contributed by atoms with E-state index in [-0.39, 0.29) is 0 Å². The average Bonchev–Trinajstić information content (AvgIpc) is 2.07. The minimum atomic E-state index is 0.653. The van der Waals surface area contributed by atoms with Crippen molar-refractivity contribution in [2.75, 3.05) is 11.9 Å². The summed E-state index contributed by atoms with van der Waals surface area (Å²) in [7, 11) is 0. The van der Waals surface area contributed by atoms with Crippen molar-refractivity contribution in [2.45, 2.75) is 0 Å². The molecule has 0 aliphatic heterocycles. The third kappa shape index (κ3) is 2.76. The van der Waals surface area contributed by atoms with Crippen LogP contribution in [-0.4, -0.2) is 11.7 Å². The first kappa shape index (κ1) is 7.66. The molecule has 0 unspecified atom stereocenters. The van der Waals surface area contributed by atoms with E-state index in [9.17, 15) is 0 Å². The van der Waals surface area contributed by atoms with E-state index in [1.165, 1.54) is 0 Å². The predicted octanol–water partition coefficient (Wildman–Crippen LogP) is 2.17. The minimum Gasteiger partial charge on any atom is -0.516 e. The van der Waals surface area contributed by atoms with E-state index in [1.807, 2.05) is 30.3 Å². The molecule has 0 atom stereocenters. The first-order valence-electron chi connectivity index (χ1n) is 3.51. The van der Waals surface area contributed by atoms with Gasteiger partial charge in [0.15, 0.2) is 0 Å². The van der Waals surface area contributed by atoms with Crippen LogP contribution in [0.4, 0.5) is 5.69 Å². The maximum Gasteiger partial charge on any atom is 0.0769 e. The number of nitrogens with one attached hydrogen (secondary N) is 1. The molecular formula is C9H11NO. The van der Waals surface area contributed by atoms with E-state index in [2.05, 4.69) is 5.32 Å². The zero-order valence-electron chi connectivity index (χ0n) is 6.20. The molecule has 0 aromatic heterocycles. The van der Waals surface area contributed by atoms with Gasteiger partial charge in [-0.2, -0.15) is 0 Å². The van der Waals surface area contributed by atoms with Crippen LogP contribution >= 0.6 is 0 Å². The van der Waals surface area contributed by atoms with Crippen LogP contribution < -0.4 is 5.32 Å². The number of hydrogen-bond acceptors (Lipinski definition) is 2. The average molecular weight is 149 g/mol. The van der Waals surface area contributed by atoms with E-state index < -0.39 is 0 Å². The highest BCUT2D eigenvalue weighted by Crippen LogP contribution is 2.03. The van der Waals surface area contributed by atoms with Gasteiger partial charge in [0.05, 0.1) is 6.26 Å². The van der Waals surface area contributed by atoms with E-state index in [1.54, 1.807) is 6.08 Å². The lowest BCUT2D eigenvalue weighted by Crippen LogP contribution is -1.96. The standard InChI is InChI=1S/C9H11NO/c11-8-4-7-10-9-5-2-1-3-6-9/h1-6,8,10-11H,7H2. The van der Waals surface area contributed by atoms with Crippen LogP contribution in [-0.2, 0) is 0 Å². The monoisotopic (exact) mass is 149 g/mol. The van der Waals surface area contributed by atoms with Gasteiger partial charge in [-0.1, -0.05) is 18.2 Å². The number of aliphatic hydroxyl groups is 1. The molecule has 0 bridgehead atoms. The molecular weight excluding hydrogens is 138 g/mol. The summed E-state index contributed by atoms with van der Waals surface area (Å²) < 4.78 is 0. The molecule has 0 saturated heterocycles. The molecule has 2 nitrogen and oxygen atoms in total. The van der Waals surface area contributed by atoms with Crippen molar-refractivity contribution < 1.29 is 5.11 Å². The number of para-hydroxylation sites is 1. The van der Waals surface area contributed by atoms with E-state index >= 15 is 0 Å². The Morgan fingerprint density at radius 2 is 2.00 bits per heavy atom. The molecule has 11 heavy (non-hydrogen) atoms. The van der Waals surface area contributed by atoms with Gasteiger partial charge in [0.1, 0.15) is 0 Å². The van der Waals surface area contributed by atoms with Crippen LogP contribution in [0.1, 0.15) is 0 Å². The van der Waals surface area contributed by atoms with Gasteiger partial charge in [-0.05, 0) is 18.2 Å². The van der Waals surface area contributed by atoms with Gasteiger partial charge in [-0.15, -0.1) is 0 Å². The van der Waals surface area contributed by atoms with Crippen molar-refractivity contribution in [2.24, 2.45) is 0 Å². The third-order valence-corrected chi connectivity index (χ3v) is 1.30. The lowest BCUT2D eigenvalue weighted by atomic mass is 10.3. The summed E-state index contributed by atoms with van der Waals surface area (Å²) in [6.07, 6.45) is 2.68. The van der Waals surface area contributed by atoms with Crippen LogP contribution in [0.15, 0.2) is 42.7 Å². The van der Waals surface area contributed by atoms with Gasteiger partial charge in [0.25, 0.3) is 0 Å². The Bertz CT molecular complexity index is 218. The maximum absolute atomic E-state index is 8.32. The molecule has 0 spiro atoms. The van der Waals surface area contributed by atoms with E-state index in [0.717, 1.165) is 11.9 Å². The fourth-order valence-electron chi connectivity index (χ4n) is 0.785. The molecule has 0 radical (unpaired) electrons. The molecule has 0 amide bonds. The Labute approximate surface area is 66.2 Å². The molecule has 0 aliphatic carbocycles. The van der Waals surface area contributed by atoms with Gasteiger partial charge in [-0.25, -0.2) is 0 Å². The first-order valence-corrected chi connectivity index (χ1v) is 3.51. The quantitative estimate of drug-likeness (QED) is 0.645. The van der Waals surface area contributed by atoms with Crippen LogP contribution in [0.2, 0.25) is 0 Å². The fourth-order valence-corrected chi connectivity index (χ4v) is 0.785. The summed E-state index contributed by atoms with van der Waals surface area (Å²) in [6, 6.07) is 9.85. The molecule has 0 heterocycles. The van der Waals surface area contributed by atoms with Crippen molar-refractivity contribution in [1.82, 2.24) is 0 Å². The normalized spacial score (nSPS) is 10.2. The maximum atomic E-state index is 8.32. The SMILES string of the molecule is OC=CCNc1ccccc1. The lowest BCUT2D eigenvalue weighted by Gasteiger charge is -2.00. The summed E-state index contributed by atoms with van der Waals surface area (Å²) in [4.78, 5) is 0. The summed E-state index contributed by atoms with van der Waals surface area (Å²) >= 11 is 0. The number of anilines is 1. The number of rotatable bonds is 3. The Morgan fingerprint density at radius 1 is 1.27 bits per heavy atom. The molecule has 2 heteroatoms. The van der Waals surface area contributed by atoms with Crippen LogP contribution in [0, 0.1) is 0 Å². The van der Waals surface area contributed by atoms with Gasteiger partial charge in [-0.3, -0.25) is 0 Å². The Kier molecular flexibility index (Phi) is 3.06. The van der Waals surface area contributed by atoms with E-state index in [0.29, 0.717) is 6.54 Å². The Hall–Kier alpha value is -1.44. The zero-order valence-corrected chi connectivity index (χ0v) is 6.20. The van der Waals surface area contributed by atoms with Crippen molar-refractivity contribution in [3.8, 4) is 0 Å². The fraction of sp³-hybridized carbons (Fsp3) is 0.111. The molecule has 0 aliphatic rings. The highest BCUT2D eigenvalue weighted by atomic mass is 16.2. The highest BCUT2D eigenvalue weighted by Gasteiger charge is 1.83. The molecule has 0 fully saturated rings. The largest absolute Gasteiger partial charge is 0.516 e. The van der Waals surface area contributed by atoms with Crippen LogP contribution in [0.5, 0.6) is 0 Å². The lowest BCUT2D eigenvalue weighted by molar-refractivity contribution is 0.472. The second-order valence-electron chi connectivity index (χ2n) is 2.13. The van der Waals surface area contributed by atoms with Crippen molar-refractivity contribution in [3.63, 3.8) is 0 Å². The smallest absolute Gasteiger partial charge is 0.0769 e. The molecule has 1 aromatic carbocycles. The summed E-state index contributed by atoms with van der Waals surface area (Å²) in [5.74, 6) is 0. The molecule has 0 saturated carbocycles. The van der Waals surface area contributed by atoms with Gasteiger partial charge < -0.3 is 10.4 Å². The molecule has 1 rings (SSSR count). The van der Waals surface area contributed by atoms with Crippen LogP contribution in [0.3, 0.4) is 0 Å². The first-order chi connectivity index (χ1) is 5.43. The van der Waals surface area contributed by atoms with Crippen molar-refractivity contribution in [3.05, 3.63) is 42.7 Å². The van der Waals surface area contributed by atoms with E-state index in [4.69, 9.17) is 5.11 Å². The molecule has 1 aromatic rings. The van der Waals surface area contributed by atoms with Crippen molar-refractivity contribution >= 4 is 5.69 Å². The second kappa shape index (κ2) is 4.39. The Balaban J connectivity index is 2.39. The van der Waals surface area contributed by atoms with Gasteiger partial charge in [0, 0.05) is 12.2 Å². The summed E-state index contributed by atoms with van der Waals surface area (Å²) in [5, 5.41) is 11.4. The van der Waals surface area contributed by atoms with Crippen molar-refractivity contribution in [1.29, 1.82) is 0 Å². The predicted molar refractivity (Wildman–Crippen MR) is 46.7 cm³/mol. The second-order valence-corrected chi connectivity index (χ2v) is 2.13. The van der Waals surface area contributed by atoms with Gasteiger partial charge in [0.2, 0.25) is 0 Å². The summed E-state index contributed by atoms with van der Waals surface area (Å²) in [6.45, 7) is 0.653. The minimum absolute atomic E-state index is 0.653. The topological polar surface area (TPSA) is 32.3 Å². The molecule has 58 valence electrons.